The monoisotopic (exact) mass is 1170 g/mol. The first kappa shape index (κ1) is 81.2. The Morgan fingerprint density at radius 3 is 0.602 bits per heavy atom. The van der Waals surface area contributed by atoms with Gasteiger partial charge in [-0.25, -0.2) is 0 Å². The van der Waals surface area contributed by atoms with Crippen molar-refractivity contribution in [2.75, 3.05) is 13.2 Å². The molecular formula is C77H148O6. The number of allylic oxidation sites excluding steroid dienone is 2. The maximum absolute atomic E-state index is 13.0. The molecule has 492 valence electrons. The van der Waals surface area contributed by atoms with Crippen LogP contribution in [0.1, 0.15) is 445 Å². The fourth-order valence-corrected chi connectivity index (χ4v) is 12.0. The number of unbranched alkanes of at least 4 members (excludes halogenated alkanes) is 59. The van der Waals surface area contributed by atoms with Gasteiger partial charge in [0.2, 0.25) is 0 Å². The molecule has 0 aromatic heterocycles. The lowest BCUT2D eigenvalue weighted by Crippen LogP contribution is -2.30. The fraction of sp³-hybridized carbons (Fsp3) is 0.935. The van der Waals surface area contributed by atoms with Crippen molar-refractivity contribution in [2.24, 2.45) is 0 Å². The minimum absolute atomic E-state index is 0.0639. The van der Waals surface area contributed by atoms with Crippen LogP contribution in [0.15, 0.2) is 12.2 Å². The number of carbonyl (C=O) groups is 3. The van der Waals surface area contributed by atoms with Crippen LogP contribution in [0.3, 0.4) is 0 Å². The Kier molecular flexibility index (Phi) is 71.0. The molecule has 0 aromatic rings. The lowest BCUT2D eigenvalue weighted by molar-refractivity contribution is -0.167. The number of esters is 3. The lowest BCUT2D eigenvalue weighted by Gasteiger charge is -2.18. The van der Waals surface area contributed by atoms with Crippen molar-refractivity contribution in [1.82, 2.24) is 0 Å². The molecule has 0 aliphatic rings. The zero-order valence-electron chi connectivity index (χ0n) is 56.8. The van der Waals surface area contributed by atoms with E-state index < -0.39 is 6.10 Å². The summed E-state index contributed by atoms with van der Waals surface area (Å²) < 4.78 is 17.1. The molecule has 0 N–H and O–H groups in total. The van der Waals surface area contributed by atoms with Crippen LogP contribution in [0.4, 0.5) is 0 Å². The highest BCUT2D eigenvalue weighted by atomic mass is 16.6. The van der Waals surface area contributed by atoms with Crippen molar-refractivity contribution in [3.05, 3.63) is 12.2 Å². The van der Waals surface area contributed by atoms with Crippen LogP contribution in [-0.4, -0.2) is 37.2 Å². The summed E-state index contributed by atoms with van der Waals surface area (Å²) in [5, 5.41) is 0. The Hall–Kier alpha value is -1.85. The average Bonchev–Trinajstić information content (AvgIpc) is 3.50. The highest BCUT2D eigenvalue weighted by molar-refractivity contribution is 5.71. The summed E-state index contributed by atoms with van der Waals surface area (Å²) in [6.45, 7) is 6.74. The molecule has 0 aromatic carbocycles. The molecular weight excluding hydrogens is 1020 g/mol. The third-order valence-electron chi connectivity index (χ3n) is 17.8. The standard InChI is InChI=1S/C77H148O6/c1-4-7-10-13-16-19-22-25-28-31-33-35-36-37-38-39-40-42-43-46-49-52-55-58-61-64-67-70-76(79)82-73-74(72-81-75(78)69-66-63-60-57-54-51-48-45-30-27-24-21-18-15-12-9-6-3)83-77(80)71-68-65-62-59-56-53-50-47-44-41-34-32-29-26-23-20-17-14-11-8-5-2/h27,30,74H,4-26,28-29,31-73H2,1-3H3/b30-27-. The van der Waals surface area contributed by atoms with Gasteiger partial charge in [-0.15, -0.1) is 0 Å². The van der Waals surface area contributed by atoms with Gasteiger partial charge in [-0.2, -0.15) is 0 Å². The molecule has 0 aliphatic carbocycles. The maximum Gasteiger partial charge on any atom is 0.306 e. The summed E-state index contributed by atoms with van der Waals surface area (Å²) in [6.07, 6.45) is 88.3. The Balaban J connectivity index is 4.23. The third-order valence-corrected chi connectivity index (χ3v) is 17.8. The van der Waals surface area contributed by atoms with E-state index in [2.05, 4.69) is 32.9 Å². The molecule has 6 heteroatoms. The second-order valence-corrected chi connectivity index (χ2v) is 26.3. The summed E-state index contributed by atoms with van der Waals surface area (Å²) in [6, 6.07) is 0. The first-order valence-electron chi connectivity index (χ1n) is 38.2. The first-order valence-corrected chi connectivity index (χ1v) is 38.2. The number of rotatable bonds is 72. The molecule has 0 radical (unpaired) electrons. The van der Waals surface area contributed by atoms with Gasteiger partial charge in [-0.1, -0.05) is 392 Å². The van der Waals surface area contributed by atoms with Crippen LogP contribution in [-0.2, 0) is 28.6 Å². The highest BCUT2D eigenvalue weighted by Crippen LogP contribution is 2.20. The fourth-order valence-electron chi connectivity index (χ4n) is 12.0. The van der Waals surface area contributed by atoms with E-state index in [0.717, 1.165) is 57.8 Å². The molecule has 0 aliphatic heterocycles. The van der Waals surface area contributed by atoms with E-state index in [1.165, 1.54) is 347 Å². The molecule has 0 rings (SSSR count). The van der Waals surface area contributed by atoms with E-state index in [9.17, 15) is 14.4 Å². The third kappa shape index (κ3) is 70.8. The van der Waals surface area contributed by atoms with Gasteiger partial charge in [0.05, 0.1) is 0 Å². The van der Waals surface area contributed by atoms with Gasteiger partial charge in [-0.05, 0) is 44.9 Å². The van der Waals surface area contributed by atoms with Crippen LogP contribution in [0.5, 0.6) is 0 Å². The number of carbonyl (C=O) groups excluding carboxylic acids is 3. The first-order chi connectivity index (χ1) is 41.0. The van der Waals surface area contributed by atoms with Gasteiger partial charge in [-0.3, -0.25) is 14.4 Å². The Bertz CT molecular complexity index is 1300. The van der Waals surface area contributed by atoms with Crippen LogP contribution < -0.4 is 0 Å². The second kappa shape index (κ2) is 72.6. The molecule has 0 saturated heterocycles. The smallest absolute Gasteiger partial charge is 0.306 e. The zero-order chi connectivity index (χ0) is 59.9. The average molecular weight is 1170 g/mol. The second-order valence-electron chi connectivity index (χ2n) is 26.3. The van der Waals surface area contributed by atoms with Crippen LogP contribution in [0.25, 0.3) is 0 Å². The summed E-state index contributed by atoms with van der Waals surface area (Å²) >= 11 is 0. The molecule has 0 fully saturated rings. The van der Waals surface area contributed by atoms with Crippen molar-refractivity contribution in [3.63, 3.8) is 0 Å². The molecule has 0 saturated carbocycles. The summed E-state index contributed by atoms with van der Waals surface area (Å²) in [7, 11) is 0. The molecule has 0 spiro atoms. The van der Waals surface area contributed by atoms with Gasteiger partial charge in [0.1, 0.15) is 13.2 Å². The van der Waals surface area contributed by atoms with E-state index >= 15 is 0 Å². The largest absolute Gasteiger partial charge is 0.462 e. The van der Waals surface area contributed by atoms with Crippen molar-refractivity contribution >= 4 is 17.9 Å². The van der Waals surface area contributed by atoms with Crippen molar-refractivity contribution in [2.45, 2.75) is 451 Å². The molecule has 1 atom stereocenters. The number of hydrogen-bond donors (Lipinski definition) is 0. The Labute approximate surface area is 520 Å². The predicted molar refractivity (Wildman–Crippen MR) is 363 cm³/mol. The van der Waals surface area contributed by atoms with Gasteiger partial charge in [0.25, 0.3) is 0 Å². The SMILES string of the molecule is CCCCCCCC/C=C\CCCCCCCCCC(=O)OCC(COC(=O)CCCCCCCCCCCCCCCCCCCCCCCCCCCCC)OC(=O)CCCCCCCCCCCCCCCCCCCCCCC. The molecule has 6 nitrogen and oxygen atoms in total. The minimum Gasteiger partial charge on any atom is -0.462 e. The quantitative estimate of drug-likeness (QED) is 0.0261. The molecule has 0 heterocycles. The minimum atomic E-state index is -0.769. The number of hydrogen-bond acceptors (Lipinski definition) is 6. The van der Waals surface area contributed by atoms with Crippen molar-refractivity contribution in [3.8, 4) is 0 Å². The molecule has 0 amide bonds. The Morgan fingerprint density at radius 1 is 0.229 bits per heavy atom. The summed E-state index contributed by atoms with van der Waals surface area (Å²) in [5.41, 5.74) is 0. The number of ether oxygens (including phenoxy) is 3. The van der Waals surface area contributed by atoms with E-state index in [1.54, 1.807) is 0 Å². The summed E-state index contributed by atoms with van der Waals surface area (Å²) in [4.78, 5) is 38.5. The molecule has 0 bridgehead atoms. The zero-order valence-corrected chi connectivity index (χ0v) is 56.8. The maximum atomic E-state index is 13.0. The van der Waals surface area contributed by atoms with E-state index in [1.807, 2.05) is 0 Å². The van der Waals surface area contributed by atoms with E-state index in [0.29, 0.717) is 19.3 Å². The van der Waals surface area contributed by atoms with Crippen LogP contribution in [0.2, 0.25) is 0 Å². The normalized spacial score (nSPS) is 12.0. The van der Waals surface area contributed by atoms with E-state index in [-0.39, 0.29) is 31.1 Å². The van der Waals surface area contributed by atoms with E-state index in [4.69, 9.17) is 14.2 Å². The van der Waals surface area contributed by atoms with Crippen molar-refractivity contribution < 1.29 is 28.6 Å². The molecule has 1 unspecified atom stereocenters. The molecule has 83 heavy (non-hydrogen) atoms. The lowest BCUT2D eigenvalue weighted by atomic mass is 10.0. The Morgan fingerprint density at radius 2 is 0.398 bits per heavy atom. The van der Waals surface area contributed by atoms with Crippen LogP contribution >= 0.6 is 0 Å². The summed E-state index contributed by atoms with van der Waals surface area (Å²) in [5.74, 6) is -0.828. The van der Waals surface area contributed by atoms with Gasteiger partial charge in [0, 0.05) is 19.3 Å². The van der Waals surface area contributed by atoms with Gasteiger partial charge in [0.15, 0.2) is 6.10 Å². The topological polar surface area (TPSA) is 78.9 Å². The highest BCUT2D eigenvalue weighted by Gasteiger charge is 2.20. The van der Waals surface area contributed by atoms with Gasteiger partial charge >= 0.3 is 17.9 Å². The van der Waals surface area contributed by atoms with Crippen LogP contribution in [0, 0.1) is 0 Å². The van der Waals surface area contributed by atoms with Crippen molar-refractivity contribution in [1.29, 1.82) is 0 Å². The van der Waals surface area contributed by atoms with Gasteiger partial charge < -0.3 is 14.2 Å². The predicted octanol–water partition coefficient (Wildman–Crippen LogP) is 26.3.